The Labute approximate surface area is 167 Å². The fourth-order valence-electron chi connectivity index (χ4n) is 4.54. The zero-order chi connectivity index (χ0) is 19.7. The van der Waals surface area contributed by atoms with Gasteiger partial charge >= 0.3 is 0 Å². The molecule has 3 rings (SSSR count). The number of benzene rings is 1. The van der Waals surface area contributed by atoms with Gasteiger partial charge in [-0.15, -0.1) is 0 Å². The van der Waals surface area contributed by atoms with Crippen LogP contribution in [0, 0.1) is 0 Å². The van der Waals surface area contributed by atoms with Gasteiger partial charge in [0.1, 0.15) is 12.4 Å². The number of ether oxygens (including phenoxy) is 1. The van der Waals surface area contributed by atoms with Crippen LogP contribution in [-0.2, 0) is 0 Å². The predicted octanol–water partition coefficient (Wildman–Crippen LogP) is 3.51. The van der Waals surface area contributed by atoms with Crippen molar-refractivity contribution in [2.24, 2.45) is 0 Å². The van der Waals surface area contributed by atoms with Gasteiger partial charge < -0.3 is 20.7 Å². The topological polar surface area (TPSA) is 62.4 Å². The zero-order valence-electron chi connectivity index (χ0n) is 16.8. The number of nitrogens with one attached hydrogen (secondary N) is 3. The Morgan fingerprint density at radius 3 is 2.56 bits per heavy atom. The molecule has 1 aromatic rings. The number of hydrogen-bond donors (Lipinski definition) is 3. The number of halogens is 1. The highest BCUT2D eigenvalue weighted by Crippen LogP contribution is 2.29. The molecule has 0 radical (unpaired) electrons. The van der Waals surface area contributed by atoms with E-state index in [1.165, 1.54) is 6.42 Å². The Hall–Kier alpha value is -1.30. The minimum atomic E-state index is -0.0839. The van der Waals surface area contributed by atoms with Crippen LogP contribution in [-0.4, -0.2) is 42.2 Å². The summed E-state index contributed by atoms with van der Waals surface area (Å²) in [6.45, 7) is 10.4. The fraction of sp³-hybridized carbons (Fsp3) is 0.667. The van der Waals surface area contributed by atoms with E-state index >= 15 is 0 Å². The van der Waals surface area contributed by atoms with E-state index in [4.69, 9.17) is 16.3 Å². The van der Waals surface area contributed by atoms with Crippen molar-refractivity contribution >= 4 is 17.5 Å². The van der Waals surface area contributed by atoms with Gasteiger partial charge in [0.15, 0.2) is 0 Å². The summed E-state index contributed by atoms with van der Waals surface area (Å²) in [6.07, 6.45) is 4.10. The molecule has 150 valence electrons. The van der Waals surface area contributed by atoms with Crippen LogP contribution < -0.4 is 20.7 Å². The lowest BCUT2D eigenvalue weighted by Gasteiger charge is -2.46. The smallest absolute Gasteiger partial charge is 0.251 e. The zero-order valence-corrected chi connectivity index (χ0v) is 17.6. The van der Waals surface area contributed by atoms with Gasteiger partial charge in [0.05, 0.1) is 5.02 Å². The molecule has 5 nitrogen and oxygen atoms in total. The molecule has 2 aliphatic rings. The van der Waals surface area contributed by atoms with Crippen LogP contribution in [0.5, 0.6) is 5.75 Å². The van der Waals surface area contributed by atoms with Crippen molar-refractivity contribution < 1.29 is 9.53 Å². The van der Waals surface area contributed by atoms with E-state index in [0.29, 0.717) is 29.0 Å². The van der Waals surface area contributed by atoms with Gasteiger partial charge in [-0.3, -0.25) is 4.79 Å². The van der Waals surface area contributed by atoms with Gasteiger partial charge in [-0.05, 0) is 78.1 Å². The van der Waals surface area contributed by atoms with Crippen LogP contribution >= 0.6 is 11.6 Å². The summed E-state index contributed by atoms with van der Waals surface area (Å²) in [4.78, 5) is 12.7. The minimum Gasteiger partial charge on any atom is -0.490 e. The Kier molecular flexibility index (Phi) is 6.04. The number of carbonyl (C=O) groups excluding carboxylic acids is 1. The molecular formula is C21H32ClN3O2. The molecule has 0 bridgehead atoms. The molecule has 1 atom stereocenters. The Morgan fingerprint density at radius 1 is 1.26 bits per heavy atom. The standard InChI is InChI=1S/C21H32ClN3O2/c1-20(2)11-16(12-21(3,4)25-20)24-19(26)14-7-8-18(17(22)10-14)27-13-15-6-5-9-23-15/h7-8,10,15-16,23,25H,5-6,9,11-13H2,1-4H3,(H,24,26)/t15-/m0/s1. The molecule has 3 N–H and O–H groups in total. The van der Waals surface area contributed by atoms with Crippen LogP contribution in [0.4, 0.5) is 0 Å². The third-order valence-electron chi connectivity index (χ3n) is 5.32. The molecule has 0 unspecified atom stereocenters. The van der Waals surface area contributed by atoms with Gasteiger partial charge in [-0.1, -0.05) is 11.6 Å². The average Bonchev–Trinajstić information content (AvgIpc) is 3.03. The number of carbonyl (C=O) groups is 1. The molecule has 2 heterocycles. The number of piperidine rings is 1. The summed E-state index contributed by atoms with van der Waals surface area (Å²) in [6, 6.07) is 5.80. The maximum atomic E-state index is 12.7. The number of hydrogen-bond acceptors (Lipinski definition) is 4. The quantitative estimate of drug-likeness (QED) is 0.716. The SMILES string of the molecule is CC1(C)CC(NC(=O)c2ccc(OC[C@@H]3CCCN3)c(Cl)c2)CC(C)(C)N1. The summed E-state index contributed by atoms with van der Waals surface area (Å²) >= 11 is 6.36. The van der Waals surface area contributed by atoms with Crippen molar-refractivity contribution in [1.29, 1.82) is 0 Å². The first-order valence-electron chi connectivity index (χ1n) is 9.89. The fourth-order valence-corrected chi connectivity index (χ4v) is 4.78. The maximum absolute atomic E-state index is 12.7. The Balaban J connectivity index is 1.60. The van der Waals surface area contributed by atoms with Gasteiger partial charge in [0.25, 0.3) is 5.91 Å². The molecular weight excluding hydrogens is 362 g/mol. The molecule has 0 spiro atoms. The first-order valence-corrected chi connectivity index (χ1v) is 10.3. The third kappa shape index (κ3) is 5.59. The molecule has 0 saturated carbocycles. The molecule has 2 fully saturated rings. The Morgan fingerprint density at radius 2 is 1.96 bits per heavy atom. The normalized spacial score (nSPS) is 24.6. The highest BCUT2D eigenvalue weighted by molar-refractivity contribution is 6.32. The first-order chi connectivity index (χ1) is 12.6. The largest absolute Gasteiger partial charge is 0.490 e. The van der Waals surface area contributed by atoms with Crippen LogP contribution in [0.3, 0.4) is 0 Å². The molecule has 6 heteroatoms. The molecule has 1 amide bonds. The van der Waals surface area contributed by atoms with Crippen LogP contribution in [0.1, 0.15) is 63.7 Å². The summed E-state index contributed by atoms with van der Waals surface area (Å²) in [5.74, 6) is 0.547. The summed E-state index contributed by atoms with van der Waals surface area (Å²) in [5, 5.41) is 10.7. The third-order valence-corrected chi connectivity index (χ3v) is 5.62. The monoisotopic (exact) mass is 393 g/mol. The number of rotatable bonds is 5. The van der Waals surface area contributed by atoms with Crippen LogP contribution in [0.15, 0.2) is 18.2 Å². The summed E-state index contributed by atoms with van der Waals surface area (Å²) < 4.78 is 5.83. The van der Waals surface area contributed by atoms with Gasteiger partial charge in [-0.2, -0.15) is 0 Å². The maximum Gasteiger partial charge on any atom is 0.251 e. The van der Waals surface area contributed by atoms with E-state index in [-0.39, 0.29) is 23.0 Å². The predicted molar refractivity (Wildman–Crippen MR) is 110 cm³/mol. The van der Waals surface area contributed by atoms with Gasteiger partial charge in [0.2, 0.25) is 0 Å². The highest BCUT2D eigenvalue weighted by Gasteiger charge is 2.38. The lowest BCUT2D eigenvalue weighted by molar-refractivity contribution is 0.0873. The van der Waals surface area contributed by atoms with Crippen molar-refractivity contribution in [2.75, 3.05) is 13.2 Å². The van der Waals surface area contributed by atoms with Gasteiger partial charge in [-0.25, -0.2) is 0 Å². The molecule has 0 aliphatic carbocycles. The minimum absolute atomic E-state index is 0.0106. The number of amides is 1. The van der Waals surface area contributed by atoms with E-state index in [2.05, 4.69) is 43.6 Å². The van der Waals surface area contributed by atoms with Crippen molar-refractivity contribution in [1.82, 2.24) is 16.0 Å². The van der Waals surface area contributed by atoms with E-state index < -0.39 is 0 Å². The second-order valence-electron chi connectivity index (χ2n) is 9.22. The van der Waals surface area contributed by atoms with Crippen molar-refractivity contribution in [3.8, 4) is 5.75 Å². The first kappa shape index (κ1) is 20.4. The van der Waals surface area contributed by atoms with Gasteiger partial charge in [0, 0.05) is 28.7 Å². The second-order valence-corrected chi connectivity index (χ2v) is 9.63. The lowest BCUT2D eigenvalue weighted by Crippen LogP contribution is -2.62. The van der Waals surface area contributed by atoms with Crippen LogP contribution in [0.25, 0.3) is 0 Å². The highest BCUT2D eigenvalue weighted by atomic mass is 35.5. The van der Waals surface area contributed by atoms with E-state index in [1.54, 1.807) is 18.2 Å². The van der Waals surface area contributed by atoms with Crippen molar-refractivity contribution in [2.45, 2.75) is 76.5 Å². The van der Waals surface area contributed by atoms with E-state index in [0.717, 1.165) is 25.8 Å². The summed E-state index contributed by atoms with van der Waals surface area (Å²) in [5.41, 5.74) is 0.549. The Bertz CT molecular complexity index is 668. The molecule has 2 aliphatic heterocycles. The lowest BCUT2D eigenvalue weighted by atomic mass is 9.79. The molecule has 0 aromatic heterocycles. The molecule has 2 saturated heterocycles. The molecule has 27 heavy (non-hydrogen) atoms. The van der Waals surface area contributed by atoms with E-state index in [1.807, 2.05) is 0 Å². The second kappa shape index (κ2) is 7.98. The van der Waals surface area contributed by atoms with Crippen molar-refractivity contribution in [3.05, 3.63) is 28.8 Å². The van der Waals surface area contributed by atoms with Crippen molar-refractivity contribution in [3.63, 3.8) is 0 Å². The van der Waals surface area contributed by atoms with Crippen LogP contribution in [0.2, 0.25) is 5.02 Å². The molecule has 1 aromatic carbocycles. The summed E-state index contributed by atoms with van der Waals surface area (Å²) in [7, 11) is 0. The van der Waals surface area contributed by atoms with E-state index in [9.17, 15) is 4.79 Å². The average molecular weight is 394 g/mol.